The molecule has 0 unspecified atom stereocenters. The Bertz CT molecular complexity index is 845. The van der Waals surface area contributed by atoms with Gasteiger partial charge >= 0.3 is 0 Å². The predicted molar refractivity (Wildman–Crippen MR) is 84.3 cm³/mol. The summed E-state index contributed by atoms with van der Waals surface area (Å²) in [5.74, 6) is -1.34. The van der Waals surface area contributed by atoms with Gasteiger partial charge in [-0.3, -0.25) is 10.4 Å². The van der Waals surface area contributed by atoms with E-state index in [1.807, 2.05) is 0 Å². The zero-order chi connectivity index (χ0) is 15.5. The molecule has 1 heterocycles. The minimum atomic E-state index is -0.670. The number of hydrogen-bond donors (Lipinski definition) is 1. The van der Waals surface area contributed by atoms with E-state index < -0.39 is 11.6 Å². The molecular weight excluding hydrogens is 308 g/mol. The third kappa shape index (κ3) is 2.89. The van der Waals surface area contributed by atoms with Crippen LogP contribution in [0.4, 0.5) is 14.5 Å². The molecule has 1 aromatic heterocycles. The Morgan fingerprint density at radius 3 is 2.64 bits per heavy atom. The Labute approximate surface area is 130 Å². The maximum Gasteiger partial charge on any atom is 0.134 e. The quantitative estimate of drug-likeness (QED) is 0.565. The van der Waals surface area contributed by atoms with Gasteiger partial charge in [-0.1, -0.05) is 17.7 Å². The summed E-state index contributed by atoms with van der Waals surface area (Å²) in [6, 6.07) is 10.6. The molecule has 0 bridgehead atoms. The molecule has 2 aromatic carbocycles. The van der Waals surface area contributed by atoms with Gasteiger partial charge < -0.3 is 0 Å². The summed E-state index contributed by atoms with van der Waals surface area (Å²) >= 11 is 5.92. The number of aromatic nitrogens is 1. The van der Waals surface area contributed by atoms with E-state index in [9.17, 15) is 8.78 Å². The van der Waals surface area contributed by atoms with Crippen molar-refractivity contribution in [2.24, 2.45) is 5.10 Å². The molecule has 0 saturated heterocycles. The molecule has 3 rings (SSSR count). The SMILES string of the molecule is Fc1cccc(F)c1C=NNc1ccnc2cc(Cl)ccc12. The minimum absolute atomic E-state index is 0.198. The molecular formula is C16H10ClF2N3. The van der Waals surface area contributed by atoms with Crippen LogP contribution in [0.3, 0.4) is 0 Å². The van der Waals surface area contributed by atoms with Crippen molar-refractivity contribution in [1.29, 1.82) is 0 Å². The van der Waals surface area contributed by atoms with Crippen molar-refractivity contribution in [3.63, 3.8) is 0 Å². The van der Waals surface area contributed by atoms with Crippen molar-refractivity contribution < 1.29 is 8.78 Å². The minimum Gasteiger partial charge on any atom is -0.278 e. The Hall–Kier alpha value is -2.53. The Morgan fingerprint density at radius 1 is 1.09 bits per heavy atom. The first-order valence-electron chi connectivity index (χ1n) is 6.42. The second-order valence-electron chi connectivity index (χ2n) is 4.53. The normalized spacial score (nSPS) is 11.2. The zero-order valence-corrected chi connectivity index (χ0v) is 12.0. The molecule has 0 aliphatic heterocycles. The number of nitrogens with zero attached hydrogens (tertiary/aromatic N) is 2. The summed E-state index contributed by atoms with van der Waals surface area (Å²) in [6.45, 7) is 0. The van der Waals surface area contributed by atoms with Crippen molar-refractivity contribution in [3.05, 3.63) is 70.9 Å². The fourth-order valence-corrected chi connectivity index (χ4v) is 2.19. The Kier molecular flexibility index (Phi) is 3.98. The lowest BCUT2D eigenvalue weighted by molar-refractivity contribution is 0.580. The summed E-state index contributed by atoms with van der Waals surface area (Å²) in [4.78, 5) is 4.20. The molecule has 0 spiro atoms. The average molecular weight is 318 g/mol. The highest BCUT2D eigenvalue weighted by Crippen LogP contribution is 2.24. The van der Waals surface area contributed by atoms with Gasteiger partial charge in [-0.15, -0.1) is 0 Å². The van der Waals surface area contributed by atoms with E-state index >= 15 is 0 Å². The van der Waals surface area contributed by atoms with Gasteiger partial charge in [-0.25, -0.2) is 8.78 Å². The van der Waals surface area contributed by atoms with Gasteiger partial charge in [0.15, 0.2) is 0 Å². The standard InChI is InChI=1S/C16H10ClF2N3/c17-10-4-5-11-15(6-7-20-16(11)8-10)22-21-9-12-13(18)2-1-3-14(12)19/h1-9H,(H,20,22). The highest BCUT2D eigenvalue weighted by molar-refractivity contribution is 6.31. The molecule has 0 amide bonds. The number of fused-ring (bicyclic) bond motifs is 1. The van der Waals surface area contributed by atoms with Gasteiger partial charge in [-0.2, -0.15) is 5.10 Å². The molecule has 3 aromatic rings. The van der Waals surface area contributed by atoms with Crippen LogP contribution in [0.1, 0.15) is 5.56 Å². The zero-order valence-electron chi connectivity index (χ0n) is 11.2. The summed E-state index contributed by atoms with van der Waals surface area (Å²) in [6.07, 6.45) is 2.70. The van der Waals surface area contributed by atoms with E-state index in [0.29, 0.717) is 16.2 Å². The van der Waals surface area contributed by atoms with Crippen molar-refractivity contribution in [1.82, 2.24) is 4.98 Å². The molecule has 3 nitrogen and oxygen atoms in total. The Balaban J connectivity index is 1.90. The third-order valence-corrected chi connectivity index (χ3v) is 3.32. The number of rotatable bonds is 3. The smallest absolute Gasteiger partial charge is 0.134 e. The fourth-order valence-electron chi connectivity index (χ4n) is 2.02. The average Bonchev–Trinajstić information content (AvgIpc) is 2.50. The summed E-state index contributed by atoms with van der Waals surface area (Å²) < 4.78 is 27.0. The first kappa shape index (κ1) is 14.4. The lowest BCUT2D eigenvalue weighted by Crippen LogP contribution is -1.97. The maximum atomic E-state index is 13.5. The Morgan fingerprint density at radius 2 is 1.86 bits per heavy atom. The van der Waals surface area contributed by atoms with Crippen LogP contribution in [-0.2, 0) is 0 Å². The maximum absolute atomic E-state index is 13.5. The number of hydrazone groups is 1. The fraction of sp³-hybridized carbons (Fsp3) is 0. The molecule has 1 N–H and O–H groups in total. The highest BCUT2D eigenvalue weighted by atomic mass is 35.5. The first-order valence-corrected chi connectivity index (χ1v) is 6.80. The van der Waals surface area contributed by atoms with Crippen LogP contribution in [0.25, 0.3) is 10.9 Å². The number of nitrogens with one attached hydrogen (secondary N) is 1. The molecule has 0 aliphatic rings. The van der Waals surface area contributed by atoms with E-state index in [4.69, 9.17) is 11.6 Å². The van der Waals surface area contributed by atoms with Crippen LogP contribution in [0.15, 0.2) is 53.8 Å². The molecule has 6 heteroatoms. The summed E-state index contributed by atoms with van der Waals surface area (Å²) in [7, 11) is 0. The monoisotopic (exact) mass is 317 g/mol. The van der Waals surface area contributed by atoms with Gasteiger partial charge in [0.25, 0.3) is 0 Å². The highest BCUT2D eigenvalue weighted by Gasteiger charge is 2.05. The van der Waals surface area contributed by atoms with Crippen molar-refractivity contribution in [2.75, 3.05) is 5.43 Å². The van der Waals surface area contributed by atoms with Crippen LogP contribution < -0.4 is 5.43 Å². The number of anilines is 1. The summed E-state index contributed by atoms with van der Waals surface area (Å²) in [5.41, 5.74) is 3.93. The van der Waals surface area contributed by atoms with Gasteiger partial charge in [-0.05, 0) is 36.4 Å². The lowest BCUT2D eigenvalue weighted by atomic mass is 10.2. The van der Waals surface area contributed by atoms with Crippen LogP contribution in [0.5, 0.6) is 0 Å². The number of pyridine rings is 1. The molecule has 0 aliphatic carbocycles. The van der Waals surface area contributed by atoms with Crippen molar-refractivity contribution in [2.45, 2.75) is 0 Å². The lowest BCUT2D eigenvalue weighted by Gasteiger charge is -2.05. The van der Waals surface area contributed by atoms with E-state index in [-0.39, 0.29) is 5.56 Å². The van der Waals surface area contributed by atoms with Gasteiger partial charge in [0.05, 0.1) is 23.0 Å². The second-order valence-corrected chi connectivity index (χ2v) is 4.96. The molecule has 0 atom stereocenters. The number of halogens is 3. The van der Waals surface area contributed by atoms with E-state index in [1.165, 1.54) is 18.2 Å². The third-order valence-electron chi connectivity index (χ3n) is 3.08. The molecule has 22 heavy (non-hydrogen) atoms. The van der Waals surface area contributed by atoms with E-state index in [0.717, 1.165) is 11.6 Å². The summed E-state index contributed by atoms with van der Waals surface area (Å²) in [5, 5.41) is 5.27. The molecule has 0 radical (unpaired) electrons. The number of hydrogen-bond acceptors (Lipinski definition) is 3. The largest absolute Gasteiger partial charge is 0.278 e. The molecule has 110 valence electrons. The predicted octanol–water partition coefficient (Wildman–Crippen LogP) is 4.61. The van der Waals surface area contributed by atoms with Crippen LogP contribution in [0, 0.1) is 11.6 Å². The topological polar surface area (TPSA) is 37.3 Å². The van der Waals surface area contributed by atoms with E-state index in [2.05, 4.69) is 15.5 Å². The first-order chi connectivity index (χ1) is 10.6. The van der Waals surface area contributed by atoms with Gasteiger partial charge in [0.2, 0.25) is 0 Å². The van der Waals surface area contributed by atoms with Crippen LogP contribution in [-0.4, -0.2) is 11.2 Å². The van der Waals surface area contributed by atoms with Crippen molar-refractivity contribution in [3.8, 4) is 0 Å². The van der Waals surface area contributed by atoms with Crippen LogP contribution in [0.2, 0.25) is 5.02 Å². The van der Waals surface area contributed by atoms with Gasteiger partial charge in [0, 0.05) is 16.6 Å². The van der Waals surface area contributed by atoms with E-state index in [1.54, 1.807) is 30.5 Å². The molecule has 0 fully saturated rings. The second kappa shape index (κ2) is 6.07. The van der Waals surface area contributed by atoms with Gasteiger partial charge in [0.1, 0.15) is 11.6 Å². The van der Waals surface area contributed by atoms with Crippen LogP contribution >= 0.6 is 11.6 Å². The number of benzene rings is 2. The van der Waals surface area contributed by atoms with Crippen molar-refractivity contribution >= 4 is 34.4 Å². The molecule has 0 saturated carbocycles.